The predicted octanol–water partition coefficient (Wildman–Crippen LogP) is 12.8. The molecule has 51 heavy (non-hydrogen) atoms. The van der Waals surface area contributed by atoms with E-state index in [0.717, 1.165) is 82.6 Å². The second kappa shape index (κ2) is 12.9. The number of rotatable bonds is 6. The summed E-state index contributed by atoms with van der Waals surface area (Å²) in [5.74, 6) is 0.700. The van der Waals surface area contributed by atoms with Gasteiger partial charge in [-0.25, -0.2) is 19.8 Å². The molecule has 0 atom stereocenters. The number of benzene rings is 6. The molecule has 0 unspecified atom stereocenters. The Morgan fingerprint density at radius 3 is 1.55 bits per heavy atom. The van der Waals surface area contributed by atoms with Crippen molar-refractivity contribution < 1.29 is 0 Å². The molecule has 9 aromatic rings. The number of hydrogen-bond acceptors (Lipinski definition) is 4. The zero-order valence-corrected chi connectivity index (χ0v) is 28.2. The maximum Gasteiger partial charge on any atom is 0.250 e. The number of aromatic nitrogens is 3. The van der Waals surface area contributed by atoms with E-state index in [1.165, 1.54) is 11.3 Å². The van der Waals surface area contributed by atoms with E-state index in [-0.39, 0.29) is 0 Å². The first-order valence-electron chi connectivity index (χ1n) is 16.7. The van der Waals surface area contributed by atoms with Crippen molar-refractivity contribution in [1.82, 2.24) is 15.0 Å². The summed E-state index contributed by atoms with van der Waals surface area (Å²) in [4.78, 5) is 19.0. The van der Waals surface area contributed by atoms with E-state index in [4.69, 9.17) is 21.5 Å². The van der Waals surface area contributed by atoms with Gasteiger partial charge in [0.25, 0.3) is 0 Å². The van der Waals surface area contributed by atoms with Crippen molar-refractivity contribution in [2.24, 2.45) is 0 Å². The molecule has 0 aliphatic carbocycles. The zero-order valence-electron chi connectivity index (χ0n) is 27.4. The Morgan fingerprint density at radius 2 is 0.941 bits per heavy atom. The van der Waals surface area contributed by atoms with E-state index in [1.54, 1.807) is 0 Å². The van der Waals surface area contributed by atoms with Crippen LogP contribution in [0.25, 0.3) is 93.2 Å². The van der Waals surface area contributed by atoms with Gasteiger partial charge in [-0.05, 0) is 28.8 Å². The molecule has 0 saturated heterocycles. The van der Waals surface area contributed by atoms with Gasteiger partial charge in [0, 0.05) is 43.3 Å². The van der Waals surface area contributed by atoms with Crippen LogP contribution in [0, 0.1) is 6.57 Å². The summed E-state index contributed by atoms with van der Waals surface area (Å²) in [6.45, 7) is 8.15. The lowest BCUT2D eigenvalue weighted by atomic mass is 9.96. The van der Waals surface area contributed by atoms with Gasteiger partial charge in [0.2, 0.25) is 5.00 Å². The first-order chi connectivity index (χ1) is 25.2. The van der Waals surface area contributed by atoms with E-state index in [2.05, 4.69) is 95.8 Å². The van der Waals surface area contributed by atoms with Crippen molar-refractivity contribution in [3.05, 3.63) is 181 Å². The molecule has 0 amide bonds. The smallest absolute Gasteiger partial charge is 0.246 e. The number of nitrogens with zero attached hydrogens (tertiary/aromatic N) is 4. The summed E-state index contributed by atoms with van der Waals surface area (Å²) in [5, 5.41) is 2.82. The number of hydrogen-bond donors (Lipinski definition) is 0. The van der Waals surface area contributed by atoms with E-state index < -0.39 is 0 Å². The third-order valence-electron chi connectivity index (χ3n) is 9.17. The van der Waals surface area contributed by atoms with Crippen LogP contribution in [0.4, 0.5) is 5.00 Å². The largest absolute Gasteiger partial charge is 0.250 e. The highest BCUT2D eigenvalue weighted by Gasteiger charge is 2.21. The molecule has 0 spiro atoms. The van der Waals surface area contributed by atoms with Crippen molar-refractivity contribution in [2.75, 3.05) is 0 Å². The van der Waals surface area contributed by atoms with Crippen LogP contribution in [0.3, 0.4) is 0 Å². The van der Waals surface area contributed by atoms with Crippen LogP contribution in [0.1, 0.15) is 0 Å². The molecule has 0 bridgehead atoms. The van der Waals surface area contributed by atoms with Gasteiger partial charge in [0.15, 0.2) is 5.82 Å². The van der Waals surface area contributed by atoms with Gasteiger partial charge in [0.05, 0.1) is 29.2 Å². The molecule has 9 rings (SSSR count). The lowest BCUT2D eigenvalue weighted by Gasteiger charge is -2.11. The molecule has 3 aromatic heterocycles. The van der Waals surface area contributed by atoms with Crippen LogP contribution in [-0.4, -0.2) is 15.0 Å². The maximum atomic E-state index is 8.15. The van der Waals surface area contributed by atoms with Crippen LogP contribution in [0.2, 0.25) is 0 Å². The Balaban J connectivity index is 1.09. The van der Waals surface area contributed by atoms with Gasteiger partial charge < -0.3 is 0 Å². The SMILES string of the molecule is [C-]#[N+]c1sc2c(-c3ccccc3)nc3ccccc3c2c1-c1ccc(-c2ccc(-c3cc(-c4ccccc4)nc(-c4ccccc4)n3)cc2)cc1. The molecule has 0 aliphatic heterocycles. The van der Waals surface area contributed by atoms with Gasteiger partial charge in [-0.3, -0.25) is 0 Å². The molecule has 0 fully saturated rings. The summed E-state index contributed by atoms with van der Waals surface area (Å²) in [6, 6.07) is 58.0. The average Bonchev–Trinajstić information content (AvgIpc) is 3.62. The summed E-state index contributed by atoms with van der Waals surface area (Å²) in [6.07, 6.45) is 0. The maximum absolute atomic E-state index is 8.15. The third-order valence-corrected chi connectivity index (χ3v) is 10.3. The number of fused-ring (bicyclic) bond motifs is 3. The standard InChI is InChI=1S/C46H28N4S/c1-47-46-41(42-37-19-11-12-20-38(37)48-43(44(42)51-46)35-15-7-3-8-16-35)34-27-23-31(24-28-34)30-21-25-33(26-22-30)40-29-39(32-13-5-2-6-14-32)49-45(50-40)36-17-9-4-10-18-36/h2-29H. The Labute approximate surface area is 299 Å². The topological polar surface area (TPSA) is 43.0 Å². The van der Waals surface area contributed by atoms with Gasteiger partial charge >= 0.3 is 0 Å². The van der Waals surface area contributed by atoms with Gasteiger partial charge in [-0.1, -0.05) is 158 Å². The fraction of sp³-hybridized carbons (Fsp3) is 0. The summed E-state index contributed by atoms with van der Waals surface area (Å²) in [7, 11) is 0. The Kier molecular flexibility index (Phi) is 7.70. The van der Waals surface area contributed by atoms with Crippen molar-refractivity contribution in [3.63, 3.8) is 0 Å². The minimum Gasteiger partial charge on any atom is -0.246 e. The Morgan fingerprint density at radius 1 is 0.451 bits per heavy atom. The minimum atomic E-state index is 0.673. The van der Waals surface area contributed by atoms with E-state index in [0.29, 0.717) is 10.8 Å². The van der Waals surface area contributed by atoms with Crippen LogP contribution >= 0.6 is 11.3 Å². The molecule has 0 N–H and O–H groups in total. The van der Waals surface area contributed by atoms with Crippen molar-refractivity contribution >= 4 is 37.3 Å². The lowest BCUT2D eigenvalue weighted by Crippen LogP contribution is -1.95. The molecular formula is C46H28N4S. The summed E-state index contributed by atoms with van der Waals surface area (Å²) < 4.78 is 1.04. The Bertz CT molecular complexity index is 2660. The van der Waals surface area contributed by atoms with E-state index in [1.807, 2.05) is 78.9 Å². The van der Waals surface area contributed by atoms with E-state index in [9.17, 15) is 0 Å². The third kappa shape index (κ3) is 5.64. The molecule has 5 heteroatoms. The van der Waals surface area contributed by atoms with E-state index >= 15 is 0 Å². The molecule has 6 aromatic carbocycles. The number of para-hydroxylation sites is 1. The van der Waals surface area contributed by atoms with Crippen LogP contribution in [-0.2, 0) is 0 Å². The van der Waals surface area contributed by atoms with Crippen molar-refractivity contribution in [3.8, 4) is 67.4 Å². The molecule has 0 saturated carbocycles. The minimum absolute atomic E-state index is 0.673. The highest BCUT2D eigenvalue weighted by Crippen LogP contribution is 2.50. The molecule has 0 radical (unpaired) electrons. The number of thiophene rings is 1. The number of pyridine rings is 1. The first kappa shape index (κ1) is 30.3. The quantitative estimate of drug-likeness (QED) is 0.166. The predicted molar refractivity (Wildman–Crippen MR) is 212 cm³/mol. The Hall–Kier alpha value is -6.74. The monoisotopic (exact) mass is 668 g/mol. The second-order valence-corrected chi connectivity index (χ2v) is 13.3. The lowest BCUT2D eigenvalue weighted by molar-refractivity contribution is 1.18. The average molecular weight is 669 g/mol. The van der Waals surface area contributed by atoms with Gasteiger partial charge in [-0.2, -0.15) is 11.3 Å². The fourth-order valence-electron chi connectivity index (χ4n) is 6.67. The van der Waals surface area contributed by atoms with Crippen LogP contribution in [0.5, 0.6) is 0 Å². The molecule has 3 heterocycles. The van der Waals surface area contributed by atoms with Gasteiger partial charge in [0.1, 0.15) is 0 Å². The zero-order chi connectivity index (χ0) is 34.1. The summed E-state index contributed by atoms with van der Waals surface area (Å²) in [5.41, 5.74) is 11.9. The highest BCUT2D eigenvalue weighted by molar-refractivity contribution is 7.24. The second-order valence-electron chi connectivity index (χ2n) is 12.3. The van der Waals surface area contributed by atoms with Crippen molar-refractivity contribution in [1.29, 1.82) is 0 Å². The first-order valence-corrected chi connectivity index (χ1v) is 17.5. The van der Waals surface area contributed by atoms with Crippen LogP contribution < -0.4 is 0 Å². The highest BCUT2D eigenvalue weighted by atomic mass is 32.1. The molecule has 4 nitrogen and oxygen atoms in total. The van der Waals surface area contributed by atoms with Crippen LogP contribution in [0.15, 0.2) is 170 Å². The fourth-order valence-corrected chi connectivity index (χ4v) is 7.80. The molecule has 238 valence electrons. The normalized spacial score (nSPS) is 11.1. The molecular weight excluding hydrogens is 641 g/mol. The summed E-state index contributed by atoms with van der Waals surface area (Å²) >= 11 is 1.53. The van der Waals surface area contributed by atoms with Gasteiger partial charge in [-0.15, -0.1) is 0 Å². The van der Waals surface area contributed by atoms with Crippen molar-refractivity contribution in [2.45, 2.75) is 0 Å². The molecule has 0 aliphatic rings.